The zero-order valence-electron chi connectivity index (χ0n) is 11.7. The summed E-state index contributed by atoms with van der Waals surface area (Å²) in [6.45, 7) is 0. The molecule has 3 rings (SSSR count). The fourth-order valence-electron chi connectivity index (χ4n) is 3.52. The molecule has 2 unspecified atom stereocenters. The molecule has 2 heterocycles. The largest absolute Gasteiger partial charge is 0.325 e. The summed E-state index contributed by atoms with van der Waals surface area (Å²) in [6, 6.07) is 8.15. The Morgan fingerprint density at radius 1 is 1.38 bits per heavy atom. The van der Waals surface area contributed by atoms with Gasteiger partial charge in [-0.15, -0.1) is 0 Å². The van der Waals surface area contributed by atoms with Crippen molar-refractivity contribution in [2.75, 3.05) is 5.32 Å². The van der Waals surface area contributed by atoms with Crippen molar-refractivity contribution in [1.29, 1.82) is 5.26 Å². The van der Waals surface area contributed by atoms with Crippen LogP contribution in [0.1, 0.15) is 37.7 Å². The van der Waals surface area contributed by atoms with Gasteiger partial charge < -0.3 is 10.6 Å². The van der Waals surface area contributed by atoms with Crippen molar-refractivity contribution in [2.45, 2.75) is 44.2 Å². The SMILES string of the molecule is N#Cc1ccc(Cl)cc1NC(=O)CC1CC2CCC(C1)N2. The number of rotatable bonds is 3. The van der Waals surface area contributed by atoms with Gasteiger partial charge in [-0.05, 0) is 49.8 Å². The molecule has 1 aromatic carbocycles. The van der Waals surface area contributed by atoms with Gasteiger partial charge in [-0.2, -0.15) is 5.26 Å². The fourth-order valence-corrected chi connectivity index (χ4v) is 3.69. The summed E-state index contributed by atoms with van der Waals surface area (Å²) in [5.41, 5.74) is 0.949. The monoisotopic (exact) mass is 303 g/mol. The van der Waals surface area contributed by atoms with Gasteiger partial charge in [0.2, 0.25) is 5.91 Å². The number of fused-ring (bicyclic) bond motifs is 2. The number of hydrogen-bond donors (Lipinski definition) is 2. The number of amides is 1. The van der Waals surface area contributed by atoms with E-state index in [0.29, 0.717) is 40.7 Å². The van der Waals surface area contributed by atoms with E-state index in [0.717, 1.165) is 12.8 Å². The Kier molecular flexibility index (Phi) is 4.14. The number of hydrogen-bond acceptors (Lipinski definition) is 3. The number of carbonyl (C=O) groups excluding carboxylic acids is 1. The highest BCUT2D eigenvalue weighted by atomic mass is 35.5. The van der Waals surface area contributed by atoms with Gasteiger partial charge in [-0.3, -0.25) is 4.79 Å². The molecule has 0 aromatic heterocycles. The normalized spacial score (nSPS) is 27.1. The van der Waals surface area contributed by atoms with Crippen molar-refractivity contribution in [2.24, 2.45) is 5.92 Å². The van der Waals surface area contributed by atoms with Gasteiger partial charge in [0.15, 0.2) is 0 Å². The van der Waals surface area contributed by atoms with Crippen LogP contribution in [0.15, 0.2) is 18.2 Å². The summed E-state index contributed by atoms with van der Waals surface area (Å²) in [5.74, 6) is 0.411. The fraction of sp³-hybridized carbons (Fsp3) is 0.500. The lowest BCUT2D eigenvalue weighted by Gasteiger charge is -2.28. The summed E-state index contributed by atoms with van der Waals surface area (Å²) in [6.07, 6.45) is 5.13. The minimum atomic E-state index is -0.0277. The molecule has 2 fully saturated rings. The highest BCUT2D eigenvalue weighted by molar-refractivity contribution is 6.31. The predicted molar refractivity (Wildman–Crippen MR) is 82.1 cm³/mol. The van der Waals surface area contributed by atoms with Crippen LogP contribution in [-0.4, -0.2) is 18.0 Å². The van der Waals surface area contributed by atoms with Crippen molar-refractivity contribution < 1.29 is 4.79 Å². The molecule has 0 radical (unpaired) electrons. The van der Waals surface area contributed by atoms with Crippen LogP contribution >= 0.6 is 11.6 Å². The van der Waals surface area contributed by atoms with E-state index < -0.39 is 0 Å². The number of anilines is 1. The maximum absolute atomic E-state index is 12.2. The number of benzene rings is 1. The predicted octanol–water partition coefficient (Wildman–Crippen LogP) is 3.07. The van der Waals surface area contributed by atoms with E-state index in [1.54, 1.807) is 18.2 Å². The molecular weight excluding hydrogens is 286 g/mol. The van der Waals surface area contributed by atoms with Gasteiger partial charge in [0.25, 0.3) is 0 Å². The van der Waals surface area contributed by atoms with Gasteiger partial charge in [0.05, 0.1) is 11.3 Å². The van der Waals surface area contributed by atoms with Crippen molar-refractivity contribution in [3.8, 4) is 6.07 Å². The number of nitrogens with zero attached hydrogens (tertiary/aromatic N) is 1. The van der Waals surface area contributed by atoms with Crippen molar-refractivity contribution in [3.05, 3.63) is 28.8 Å². The molecule has 4 nitrogen and oxygen atoms in total. The van der Waals surface area contributed by atoms with Crippen LogP contribution in [0.4, 0.5) is 5.69 Å². The van der Waals surface area contributed by atoms with Gasteiger partial charge >= 0.3 is 0 Å². The van der Waals surface area contributed by atoms with Gasteiger partial charge in [0, 0.05) is 23.5 Å². The second-order valence-corrected chi connectivity index (χ2v) is 6.47. The molecule has 2 aliphatic heterocycles. The minimum absolute atomic E-state index is 0.0277. The first-order chi connectivity index (χ1) is 10.1. The molecule has 1 amide bonds. The Morgan fingerprint density at radius 2 is 2.10 bits per heavy atom. The van der Waals surface area contributed by atoms with Crippen LogP contribution in [0.5, 0.6) is 0 Å². The van der Waals surface area contributed by atoms with Gasteiger partial charge in [-0.1, -0.05) is 11.6 Å². The zero-order valence-corrected chi connectivity index (χ0v) is 12.5. The third-order valence-corrected chi connectivity index (χ3v) is 4.66. The lowest BCUT2D eigenvalue weighted by Crippen LogP contribution is -2.39. The first kappa shape index (κ1) is 14.4. The number of piperidine rings is 1. The molecule has 2 N–H and O–H groups in total. The molecule has 2 saturated heterocycles. The van der Waals surface area contributed by atoms with Crippen LogP contribution in [0.3, 0.4) is 0 Å². The van der Waals surface area contributed by atoms with Crippen LogP contribution in [0, 0.1) is 17.2 Å². The summed E-state index contributed by atoms with van der Waals surface area (Å²) in [5, 5.41) is 16.0. The summed E-state index contributed by atoms with van der Waals surface area (Å²) < 4.78 is 0. The second-order valence-electron chi connectivity index (χ2n) is 6.03. The summed E-state index contributed by atoms with van der Waals surface area (Å²) >= 11 is 5.93. The van der Waals surface area contributed by atoms with Crippen molar-refractivity contribution >= 4 is 23.2 Å². The first-order valence-electron chi connectivity index (χ1n) is 7.39. The van der Waals surface area contributed by atoms with Crippen molar-refractivity contribution in [3.63, 3.8) is 0 Å². The smallest absolute Gasteiger partial charge is 0.224 e. The van der Waals surface area contributed by atoms with Crippen LogP contribution in [0.2, 0.25) is 5.02 Å². The second kappa shape index (κ2) is 6.05. The lowest BCUT2D eigenvalue weighted by atomic mass is 9.89. The Bertz CT molecular complexity index is 584. The molecule has 0 aliphatic carbocycles. The number of nitriles is 1. The van der Waals surface area contributed by atoms with Gasteiger partial charge in [0.1, 0.15) is 6.07 Å². The molecule has 0 saturated carbocycles. The highest BCUT2D eigenvalue weighted by Gasteiger charge is 2.34. The number of halogens is 1. The Balaban J connectivity index is 1.62. The van der Waals surface area contributed by atoms with Crippen LogP contribution in [-0.2, 0) is 4.79 Å². The van der Waals surface area contributed by atoms with E-state index >= 15 is 0 Å². The maximum atomic E-state index is 12.2. The zero-order chi connectivity index (χ0) is 14.8. The van der Waals surface area contributed by atoms with E-state index in [9.17, 15) is 4.79 Å². The van der Waals surface area contributed by atoms with E-state index in [2.05, 4.69) is 16.7 Å². The first-order valence-corrected chi connectivity index (χ1v) is 7.77. The Morgan fingerprint density at radius 3 is 2.76 bits per heavy atom. The average Bonchev–Trinajstić information content (AvgIpc) is 2.78. The Hall–Kier alpha value is -1.57. The number of nitrogens with one attached hydrogen (secondary N) is 2. The molecular formula is C16H18ClN3O. The van der Waals surface area contributed by atoms with Crippen molar-refractivity contribution in [1.82, 2.24) is 5.32 Å². The molecule has 110 valence electrons. The molecule has 2 bridgehead atoms. The minimum Gasteiger partial charge on any atom is -0.325 e. The highest BCUT2D eigenvalue weighted by Crippen LogP contribution is 2.33. The quantitative estimate of drug-likeness (QED) is 0.902. The van der Waals surface area contributed by atoms with E-state index in [1.165, 1.54) is 12.8 Å². The Labute approximate surface area is 129 Å². The summed E-state index contributed by atoms with van der Waals surface area (Å²) in [4.78, 5) is 12.2. The molecule has 21 heavy (non-hydrogen) atoms. The van der Waals surface area contributed by atoms with Crippen LogP contribution in [0.25, 0.3) is 0 Å². The topological polar surface area (TPSA) is 64.9 Å². The average molecular weight is 304 g/mol. The van der Waals surface area contributed by atoms with E-state index in [4.69, 9.17) is 16.9 Å². The molecule has 2 atom stereocenters. The summed E-state index contributed by atoms with van der Waals surface area (Å²) in [7, 11) is 0. The molecule has 2 aliphatic rings. The standard InChI is InChI=1S/C16H18ClN3O/c17-12-2-1-11(9-18)15(8-12)20-16(21)7-10-5-13-3-4-14(6-10)19-13/h1-2,8,10,13-14,19H,3-7H2,(H,20,21). The van der Waals surface area contributed by atoms with E-state index in [1.807, 2.05) is 0 Å². The molecule has 1 aromatic rings. The third kappa shape index (κ3) is 3.37. The third-order valence-electron chi connectivity index (χ3n) is 4.42. The van der Waals surface area contributed by atoms with E-state index in [-0.39, 0.29) is 5.91 Å². The van der Waals surface area contributed by atoms with Gasteiger partial charge in [-0.25, -0.2) is 0 Å². The molecule has 0 spiro atoms. The number of carbonyl (C=O) groups is 1. The lowest BCUT2D eigenvalue weighted by molar-refractivity contribution is -0.117. The van der Waals surface area contributed by atoms with Crippen LogP contribution < -0.4 is 10.6 Å². The molecule has 5 heteroatoms. The maximum Gasteiger partial charge on any atom is 0.224 e.